The molecule has 7 amide bonds. The summed E-state index contributed by atoms with van der Waals surface area (Å²) in [5, 5.41) is 16.0. The lowest BCUT2D eigenvalue weighted by Crippen LogP contribution is -2.54. The summed E-state index contributed by atoms with van der Waals surface area (Å²) in [6.45, 7) is 2.21. The number of fused-ring (bicyclic) bond motifs is 1. The Morgan fingerprint density at radius 2 is 1.68 bits per heavy atom. The van der Waals surface area contributed by atoms with Crippen LogP contribution < -0.4 is 30.5 Å². The number of rotatable bonds is 10. The molecule has 0 bridgehead atoms. The summed E-state index contributed by atoms with van der Waals surface area (Å²) in [5.41, 5.74) is -4.83. The molecule has 3 aromatic carbocycles. The molecule has 3 heterocycles. The summed E-state index contributed by atoms with van der Waals surface area (Å²) in [7, 11) is 0. The fraction of sp³-hybridized carbons (Fsp3) is 0.270. The van der Waals surface area contributed by atoms with Gasteiger partial charge in [0.2, 0.25) is 11.8 Å². The van der Waals surface area contributed by atoms with Crippen molar-refractivity contribution in [1.29, 1.82) is 5.26 Å². The van der Waals surface area contributed by atoms with Crippen molar-refractivity contribution in [2.24, 2.45) is 0 Å². The number of anilines is 2. The topological polar surface area (TPSA) is 198 Å². The van der Waals surface area contributed by atoms with E-state index in [1.165, 1.54) is 67.3 Å². The number of thiocarbonyl (C=S) groups is 1. The number of piperidine rings is 1. The van der Waals surface area contributed by atoms with E-state index in [2.05, 4.69) is 16.0 Å². The smallest absolute Gasteiger partial charge is 0.420 e. The van der Waals surface area contributed by atoms with Gasteiger partial charge in [0.1, 0.15) is 22.9 Å². The molecular formula is C37H29F4N7O8S. The maximum atomic E-state index is 15.3. The van der Waals surface area contributed by atoms with Crippen LogP contribution in [-0.2, 0) is 25.4 Å². The largest absolute Gasteiger partial charge is 0.483 e. The second-order valence-electron chi connectivity index (χ2n) is 13.3. The average molecular weight is 808 g/mol. The normalized spacial score (nSPS) is 17.7. The van der Waals surface area contributed by atoms with Crippen molar-refractivity contribution in [3.05, 3.63) is 88.2 Å². The number of hydrogen-bond donors (Lipinski definition) is 3. The minimum Gasteiger partial charge on any atom is -0.483 e. The Balaban J connectivity index is 1.03. The first-order valence-electron chi connectivity index (χ1n) is 17.0. The molecule has 6 rings (SSSR count). The monoisotopic (exact) mass is 807 g/mol. The molecule has 0 spiro atoms. The molecule has 3 aromatic rings. The molecular weight excluding hydrogens is 779 g/mol. The number of benzene rings is 3. The lowest BCUT2D eigenvalue weighted by atomic mass is 10.0. The summed E-state index contributed by atoms with van der Waals surface area (Å²) in [6, 6.07) is 11.6. The molecule has 1 unspecified atom stereocenters. The number of nitrogens with zero attached hydrogens (tertiary/aromatic N) is 4. The highest BCUT2D eigenvalue weighted by atomic mass is 32.1. The van der Waals surface area contributed by atoms with Gasteiger partial charge in [0.05, 0.1) is 28.4 Å². The van der Waals surface area contributed by atoms with Gasteiger partial charge in [-0.2, -0.15) is 18.4 Å². The first-order chi connectivity index (χ1) is 26.9. The molecule has 57 heavy (non-hydrogen) atoms. The second kappa shape index (κ2) is 15.1. The standard InChI is InChI=1S/C37H29F4N7O8S/c1-36(2)34(55)47(22-11-8-19(16-42)28(29(22)38)37(39,40)41)35(57)48(36)20-9-6-18(7-10-20)30(51)44-15-14-43-26(50)17-56-24-5-3-4-21-27(24)33(54)46(32(21)53)23-12-13-25(49)45-31(23)52/h3-11,23H,12-15,17H2,1-2H3,(H,43,50)(H,44,51)(H,45,49,52). The summed E-state index contributed by atoms with van der Waals surface area (Å²) < 4.78 is 61.9. The quantitative estimate of drug-likeness (QED) is 0.118. The van der Waals surface area contributed by atoms with Gasteiger partial charge in [-0.1, -0.05) is 6.07 Å². The number of carbonyl (C=O) groups excluding carboxylic acids is 7. The van der Waals surface area contributed by atoms with Gasteiger partial charge in [-0.3, -0.25) is 48.7 Å². The van der Waals surface area contributed by atoms with E-state index in [-0.39, 0.29) is 59.2 Å². The molecule has 3 aliphatic heterocycles. The van der Waals surface area contributed by atoms with Gasteiger partial charge >= 0.3 is 6.18 Å². The highest BCUT2D eigenvalue weighted by molar-refractivity contribution is 7.81. The summed E-state index contributed by atoms with van der Waals surface area (Å²) in [6.07, 6.45) is -5.32. The Morgan fingerprint density at radius 1 is 1.00 bits per heavy atom. The van der Waals surface area contributed by atoms with E-state index in [0.717, 1.165) is 17.0 Å². The van der Waals surface area contributed by atoms with E-state index in [1.807, 2.05) is 0 Å². The third kappa shape index (κ3) is 7.24. The lowest BCUT2D eigenvalue weighted by Gasteiger charge is -2.29. The van der Waals surface area contributed by atoms with Gasteiger partial charge in [0.15, 0.2) is 17.5 Å². The van der Waals surface area contributed by atoms with Crippen LogP contribution in [0.25, 0.3) is 0 Å². The minimum absolute atomic E-state index is 0.0258. The average Bonchev–Trinajstić information content (AvgIpc) is 3.51. The first kappa shape index (κ1) is 39.9. The van der Waals surface area contributed by atoms with Gasteiger partial charge in [0.25, 0.3) is 29.5 Å². The number of amides is 7. The van der Waals surface area contributed by atoms with Crippen LogP contribution in [0.4, 0.5) is 28.9 Å². The maximum absolute atomic E-state index is 15.3. The zero-order chi connectivity index (χ0) is 41.6. The van der Waals surface area contributed by atoms with Crippen molar-refractivity contribution < 1.29 is 55.9 Å². The summed E-state index contributed by atoms with van der Waals surface area (Å²) in [5.74, 6) is -6.77. The van der Waals surface area contributed by atoms with E-state index in [1.54, 1.807) is 0 Å². The van der Waals surface area contributed by atoms with E-state index in [4.69, 9.17) is 22.2 Å². The molecule has 2 saturated heterocycles. The number of alkyl halides is 3. The molecule has 20 heteroatoms. The van der Waals surface area contributed by atoms with Gasteiger partial charge in [0, 0.05) is 30.8 Å². The molecule has 0 aromatic heterocycles. The van der Waals surface area contributed by atoms with Crippen LogP contribution in [0.2, 0.25) is 0 Å². The third-order valence-corrected chi connectivity index (χ3v) is 9.71. The predicted molar refractivity (Wildman–Crippen MR) is 193 cm³/mol. The molecule has 2 fully saturated rings. The maximum Gasteiger partial charge on any atom is 0.420 e. The van der Waals surface area contributed by atoms with Crippen LogP contribution in [0.5, 0.6) is 5.75 Å². The summed E-state index contributed by atoms with van der Waals surface area (Å²) >= 11 is 5.44. The number of ether oxygens (including phenoxy) is 1. The van der Waals surface area contributed by atoms with Crippen molar-refractivity contribution in [2.75, 3.05) is 29.5 Å². The number of nitriles is 1. The van der Waals surface area contributed by atoms with Crippen molar-refractivity contribution in [2.45, 2.75) is 44.4 Å². The molecule has 15 nitrogen and oxygen atoms in total. The molecule has 1 atom stereocenters. The molecule has 0 aliphatic carbocycles. The predicted octanol–water partition coefficient (Wildman–Crippen LogP) is 2.96. The number of halogens is 4. The van der Waals surface area contributed by atoms with Crippen molar-refractivity contribution >= 4 is 70.1 Å². The van der Waals surface area contributed by atoms with Crippen molar-refractivity contribution in [3.8, 4) is 11.8 Å². The lowest BCUT2D eigenvalue weighted by molar-refractivity contribution is -0.140. The number of imide groups is 2. The highest BCUT2D eigenvalue weighted by Gasteiger charge is 2.52. The van der Waals surface area contributed by atoms with Crippen LogP contribution in [0, 0.1) is 17.1 Å². The van der Waals surface area contributed by atoms with E-state index in [0.29, 0.717) is 4.90 Å². The van der Waals surface area contributed by atoms with Crippen LogP contribution in [0.15, 0.2) is 54.6 Å². The van der Waals surface area contributed by atoms with Gasteiger partial charge in [-0.15, -0.1) is 0 Å². The number of nitrogens with one attached hydrogen (secondary N) is 3. The Bertz CT molecular complexity index is 2330. The fourth-order valence-corrected chi connectivity index (χ4v) is 7.10. The third-order valence-electron chi connectivity index (χ3n) is 9.34. The molecule has 294 valence electrons. The highest BCUT2D eigenvalue weighted by Crippen LogP contribution is 2.42. The Hall–Kier alpha value is -6.75. The Labute approximate surface area is 325 Å². The van der Waals surface area contributed by atoms with E-state index in [9.17, 15) is 46.7 Å². The SMILES string of the molecule is CC1(C)C(=O)N(c2ccc(C#N)c(C(F)(F)F)c2F)C(=S)N1c1ccc(C(=O)NCCNC(=O)COc2cccc3c2C(=O)N(C2CCC(=O)NC2=O)C3=O)cc1. The minimum atomic E-state index is -5.23. The number of carbonyl (C=O) groups is 7. The van der Waals surface area contributed by atoms with E-state index < -0.39 is 88.3 Å². The molecule has 0 radical (unpaired) electrons. The summed E-state index contributed by atoms with van der Waals surface area (Å²) in [4.78, 5) is 91.6. The Kier molecular flexibility index (Phi) is 10.6. The van der Waals surface area contributed by atoms with Gasteiger partial charge in [-0.25, -0.2) is 4.39 Å². The molecule has 0 saturated carbocycles. The first-order valence-corrected chi connectivity index (χ1v) is 17.4. The fourth-order valence-electron chi connectivity index (χ4n) is 6.59. The van der Waals surface area contributed by atoms with Crippen molar-refractivity contribution in [3.63, 3.8) is 0 Å². The van der Waals surface area contributed by atoms with Crippen LogP contribution in [-0.4, -0.2) is 82.6 Å². The van der Waals surface area contributed by atoms with Gasteiger partial charge < -0.3 is 20.3 Å². The van der Waals surface area contributed by atoms with Crippen LogP contribution in [0.1, 0.15) is 68.9 Å². The zero-order valence-corrected chi connectivity index (χ0v) is 30.6. The van der Waals surface area contributed by atoms with Crippen LogP contribution in [0.3, 0.4) is 0 Å². The van der Waals surface area contributed by atoms with Gasteiger partial charge in [-0.05, 0) is 81.0 Å². The molecule has 3 N–H and O–H groups in total. The van der Waals surface area contributed by atoms with E-state index >= 15 is 4.39 Å². The van der Waals surface area contributed by atoms with Crippen molar-refractivity contribution in [1.82, 2.24) is 20.9 Å². The second-order valence-corrected chi connectivity index (χ2v) is 13.7. The Morgan fingerprint density at radius 3 is 2.33 bits per heavy atom. The zero-order valence-electron chi connectivity index (χ0n) is 29.8. The molecule has 3 aliphatic rings. The number of hydrogen-bond acceptors (Lipinski definition) is 10. The van der Waals surface area contributed by atoms with Crippen LogP contribution >= 0.6 is 12.2 Å².